The van der Waals surface area contributed by atoms with Crippen LogP contribution in [0.2, 0.25) is 0 Å². The van der Waals surface area contributed by atoms with Crippen molar-refractivity contribution >= 4 is 17.8 Å². The fraction of sp³-hybridized carbons (Fsp3) is 0.143. The molecule has 0 atom stereocenters. The van der Waals surface area contributed by atoms with Gasteiger partial charge in [0.05, 0.1) is 7.11 Å². The number of hydrogen-bond acceptors (Lipinski definition) is 5. The topological polar surface area (TPSA) is 83.8 Å². The Morgan fingerprint density at radius 3 is 2.47 bits per heavy atom. The van der Waals surface area contributed by atoms with Crippen molar-refractivity contribution in [2.45, 2.75) is 6.42 Å². The number of rotatable bonds is 5. The van der Waals surface area contributed by atoms with Crippen molar-refractivity contribution in [1.29, 1.82) is 0 Å². The van der Waals surface area contributed by atoms with Crippen LogP contribution in [0.4, 0.5) is 0 Å². The van der Waals surface area contributed by atoms with E-state index in [9.17, 15) is 14.7 Å². The normalized spacial score (nSPS) is 11.5. The number of methoxy groups -OCH3 is 1. The van der Waals surface area contributed by atoms with Crippen LogP contribution in [0.1, 0.15) is 12.0 Å². The zero-order chi connectivity index (χ0) is 14.3. The lowest BCUT2D eigenvalue weighted by Gasteiger charge is -1.96. The van der Waals surface area contributed by atoms with Gasteiger partial charge < -0.3 is 14.9 Å². The van der Waals surface area contributed by atoms with Crippen LogP contribution in [0.3, 0.4) is 0 Å². The molecule has 5 nitrogen and oxygen atoms in total. The predicted molar refractivity (Wildman–Crippen MR) is 69.5 cm³/mol. The quantitative estimate of drug-likeness (QED) is 0.279. The molecule has 100 valence electrons. The lowest BCUT2D eigenvalue weighted by molar-refractivity contribution is -0.142. The van der Waals surface area contributed by atoms with E-state index in [0.717, 1.165) is 11.6 Å². The van der Waals surface area contributed by atoms with E-state index >= 15 is 0 Å². The number of hydrogen-bond donors (Lipinski definition) is 2. The number of ketones is 1. The molecule has 0 saturated heterocycles. The van der Waals surface area contributed by atoms with E-state index in [2.05, 4.69) is 4.74 Å². The van der Waals surface area contributed by atoms with Gasteiger partial charge in [-0.3, -0.25) is 9.59 Å². The lowest BCUT2D eigenvalue weighted by atomic mass is 10.2. The van der Waals surface area contributed by atoms with Crippen LogP contribution in [-0.4, -0.2) is 29.1 Å². The molecular formula is C14H14O5. The molecule has 0 bridgehead atoms. The zero-order valence-electron chi connectivity index (χ0n) is 10.4. The third-order valence-electron chi connectivity index (χ3n) is 2.19. The number of carbonyl (C=O) groups is 2. The molecule has 0 unspecified atom stereocenters. The minimum atomic E-state index is -0.656. The Bertz CT molecular complexity index is 511. The van der Waals surface area contributed by atoms with Crippen LogP contribution < -0.4 is 0 Å². The monoisotopic (exact) mass is 262 g/mol. The summed E-state index contributed by atoms with van der Waals surface area (Å²) in [6, 6.07) is 6.30. The second kappa shape index (κ2) is 7.00. The van der Waals surface area contributed by atoms with Gasteiger partial charge in [0.2, 0.25) is 0 Å². The minimum Gasteiger partial charge on any atom is -0.508 e. The van der Waals surface area contributed by atoms with Crippen molar-refractivity contribution in [3.8, 4) is 5.75 Å². The second-order valence-electron chi connectivity index (χ2n) is 3.71. The van der Waals surface area contributed by atoms with Crippen LogP contribution in [0.15, 0.2) is 42.2 Å². The summed E-state index contributed by atoms with van der Waals surface area (Å²) in [6.45, 7) is 0. The number of phenolic OH excluding ortho intramolecular Hbond substituents is 1. The van der Waals surface area contributed by atoms with E-state index in [1.165, 1.54) is 25.3 Å². The van der Waals surface area contributed by atoms with Gasteiger partial charge in [-0.05, 0) is 23.8 Å². The maximum Gasteiger partial charge on any atom is 0.313 e. The van der Waals surface area contributed by atoms with Crippen LogP contribution in [0.25, 0.3) is 6.08 Å². The number of aliphatic hydroxyl groups is 1. The maximum absolute atomic E-state index is 11.3. The van der Waals surface area contributed by atoms with Crippen molar-refractivity contribution in [1.82, 2.24) is 0 Å². The number of allylic oxidation sites excluding steroid dienone is 2. The molecule has 0 spiro atoms. The molecule has 0 fully saturated rings. The van der Waals surface area contributed by atoms with Gasteiger partial charge in [0, 0.05) is 6.08 Å². The van der Waals surface area contributed by atoms with Gasteiger partial charge in [-0.1, -0.05) is 18.2 Å². The molecule has 5 heteroatoms. The first-order chi connectivity index (χ1) is 9.01. The van der Waals surface area contributed by atoms with Gasteiger partial charge in [0.1, 0.15) is 17.9 Å². The molecule has 0 aliphatic carbocycles. The van der Waals surface area contributed by atoms with Gasteiger partial charge in [0.25, 0.3) is 0 Å². The van der Waals surface area contributed by atoms with Crippen LogP contribution in [0, 0.1) is 0 Å². The molecule has 19 heavy (non-hydrogen) atoms. The molecule has 0 saturated carbocycles. The molecule has 0 heterocycles. The molecule has 1 aromatic carbocycles. The Kier molecular flexibility index (Phi) is 5.35. The highest BCUT2D eigenvalue weighted by molar-refractivity contribution is 6.02. The van der Waals surface area contributed by atoms with Crippen LogP contribution >= 0.6 is 0 Å². The first-order valence-electron chi connectivity index (χ1n) is 5.48. The van der Waals surface area contributed by atoms with Gasteiger partial charge in [0.15, 0.2) is 5.78 Å². The molecule has 1 aromatic rings. The van der Waals surface area contributed by atoms with Crippen molar-refractivity contribution in [3.05, 3.63) is 47.7 Å². The summed E-state index contributed by atoms with van der Waals surface area (Å²) >= 11 is 0. The summed E-state index contributed by atoms with van der Waals surface area (Å²) in [4.78, 5) is 22.1. The van der Waals surface area contributed by atoms with Gasteiger partial charge in [-0.25, -0.2) is 0 Å². The van der Waals surface area contributed by atoms with E-state index in [-0.39, 0.29) is 11.5 Å². The SMILES string of the molecule is COC(=O)CC(=O)/C=C(O)/C=C/c1ccc(O)cc1. The number of carbonyl (C=O) groups excluding carboxylic acids is 2. The van der Waals surface area contributed by atoms with E-state index < -0.39 is 18.2 Å². The fourth-order valence-electron chi connectivity index (χ4n) is 1.25. The van der Waals surface area contributed by atoms with Gasteiger partial charge >= 0.3 is 5.97 Å². The van der Waals surface area contributed by atoms with Gasteiger partial charge in [-0.2, -0.15) is 0 Å². The highest BCUT2D eigenvalue weighted by atomic mass is 16.5. The van der Waals surface area contributed by atoms with Crippen molar-refractivity contribution < 1.29 is 24.5 Å². The molecule has 0 aromatic heterocycles. The first-order valence-corrected chi connectivity index (χ1v) is 5.48. The third kappa shape index (κ3) is 5.54. The second-order valence-corrected chi connectivity index (χ2v) is 3.71. The van der Waals surface area contributed by atoms with Crippen molar-refractivity contribution in [2.24, 2.45) is 0 Å². The highest BCUT2D eigenvalue weighted by Crippen LogP contribution is 2.11. The average Bonchev–Trinajstić information content (AvgIpc) is 2.37. The summed E-state index contributed by atoms with van der Waals surface area (Å²) in [5, 5.41) is 18.6. The molecule has 0 aliphatic heterocycles. The summed E-state index contributed by atoms with van der Waals surface area (Å²) in [6.07, 6.45) is 3.43. The smallest absolute Gasteiger partial charge is 0.313 e. The average molecular weight is 262 g/mol. The number of aromatic hydroxyl groups is 1. The number of aliphatic hydroxyl groups excluding tert-OH is 1. The Morgan fingerprint density at radius 2 is 1.89 bits per heavy atom. The van der Waals surface area contributed by atoms with Crippen molar-refractivity contribution in [3.63, 3.8) is 0 Å². The predicted octanol–water partition coefficient (Wildman–Crippen LogP) is 1.98. The minimum absolute atomic E-state index is 0.144. The number of phenols is 1. The summed E-state index contributed by atoms with van der Waals surface area (Å²) < 4.78 is 4.33. The van der Waals surface area contributed by atoms with Crippen molar-refractivity contribution in [2.75, 3.05) is 7.11 Å². The number of esters is 1. The number of benzene rings is 1. The molecule has 2 N–H and O–H groups in total. The summed E-state index contributed by atoms with van der Waals surface area (Å²) in [7, 11) is 1.18. The van der Waals surface area contributed by atoms with Crippen LogP contribution in [-0.2, 0) is 14.3 Å². The van der Waals surface area contributed by atoms with Gasteiger partial charge in [-0.15, -0.1) is 0 Å². The largest absolute Gasteiger partial charge is 0.508 e. The lowest BCUT2D eigenvalue weighted by Crippen LogP contribution is -2.07. The fourth-order valence-corrected chi connectivity index (χ4v) is 1.25. The number of ether oxygens (including phenoxy) is 1. The standard InChI is InChI=1S/C14H14O5/c1-19-14(18)9-13(17)8-12(16)7-4-10-2-5-11(15)6-3-10/h2-8,15-16H,9H2,1H3/b7-4+,12-8-. The molecular weight excluding hydrogens is 248 g/mol. The molecule has 1 rings (SSSR count). The van der Waals surface area contributed by atoms with E-state index in [1.807, 2.05) is 0 Å². The van der Waals surface area contributed by atoms with E-state index in [0.29, 0.717) is 0 Å². The summed E-state index contributed by atoms with van der Waals surface area (Å²) in [5.74, 6) is -1.32. The molecule has 0 radical (unpaired) electrons. The molecule has 0 aliphatic rings. The Labute approximate surface area is 110 Å². The summed E-state index contributed by atoms with van der Waals surface area (Å²) in [5.41, 5.74) is 0.748. The molecule has 0 amide bonds. The zero-order valence-corrected chi connectivity index (χ0v) is 10.4. The van der Waals surface area contributed by atoms with E-state index in [4.69, 9.17) is 5.11 Å². The highest BCUT2D eigenvalue weighted by Gasteiger charge is 2.07. The Hall–Kier alpha value is -2.56. The third-order valence-corrected chi connectivity index (χ3v) is 2.19. The van der Waals surface area contributed by atoms with Crippen LogP contribution in [0.5, 0.6) is 5.75 Å². The Morgan fingerprint density at radius 1 is 1.26 bits per heavy atom. The van der Waals surface area contributed by atoms with E-state index in [1.54, 1.807) is 18.2 Å². The first kappa shape index (κ1) is 14.5. The Balaban J connectivity index is 2.63. The maximum atomic E-state index is 11.3.